The molecule has 2 N–H and O–H groups in total. The zero-order chi connectivity index (χ0) is 13.7. The molecule has 0 spiro atoms. The van der Waals surface area contributed by atoms with Gasteiger partial charge < -0.3 is 10.4 Å². The summed E-state index contributed by atoms with van der Waals surface area (Å²) in [6, 6.07) is 9.58. The summed E-state index contributed by atoms with van der Waals surface area (Å²) in [7, 11) is 0. The van der Waals surface area contributed by atoms with E-state index < -0.39 is 0 Å². The highest BCUT2D eigenvalue weighted by molar-refractivity contribution is 7.08. The third-order valence-electron chi connectivity index (χ3n) is 2.98. The first-order chi connectivity index (χ1) is 9.20. The second-order valence-electron chi connectivity index (χ2n) is 4.51. The van der Waals surface area contributed by atoms with Crippen molar-refractivity contribution in [2.45, 2.75) is 19.4 Å². The Morgan fingerprint density at radius 2 is 2.05 bits per heavy atom. The quantitative estimate of drug-likeness (QED) is 0.880. The van der Waals surface area contributed by atoms with Crippen LogP contribution in [0.1, 0.15) is 21.5 Å². The maximum Gasteiger partial charge on any atom is 0.252 e. The number of aliphatic hydroxyl groups excluding tert-OH is 1. The second-order valence-corrected chi connectivity index (χ2v) is 5.25. The van der Waals surface area contributed by atoms with Crippen molar-refractivity contribution in [1.82, 2.24) is 5.32 Å². The molecule has 1 aromatic carbocycles. The third-order valence-corrected chi connectivity index (χ3v) is 3.84. The number of aliphatic hydroxyl groups is 1. The minimum atomic E-state index is -0.255. The van der Waals surface area contributed by atoms with Crippen molar-refractivity contribution < 1.29 is 9.90 Å². The molecule has 3 nitrogen and oxygen atoms in total. The Labute approximate surface area is 116 Å². The first-order valence-corrected chi connectivity index (χ1v) is 7.13. The minimum absolute atomic E-state index is 0.0657. The van der Waals surface area contributed by atoms with Gasteiger partial charge in [0.05, 0.1) is 18.2 Å². The lowest BCUT2D eigenvalue weighted by Crippen LogP contribution is -2.39. The molecule has 1 heterocycles. The summed E-state index contributed by atoms with van der Waals surface area (Å²) in [6.07, 6.45) is 0.631. The van der Waals surface area contributed by atoms with Crippen LogP contribution in [0, 0.1) is 6.92 Å². The fourth-order valence-corrected chi connectivity index (χ4v) is 2.74. The van der Waals surface area contributed by atoms with Crippen molar-refractivity contribution in [3.8, 4) is 0 Å². The molecule has 100 valence electrons. The molecule has 0 aliphatic rings. The fraction of sp³-hybridized carbons (Fsp3) is 0.267. The number of carbonyl (C=O) groups is 1. The van der Waals surface area contributed by atoms with Gasteiger partial charge in [0.2, 0.25) is 0 Å². The third kappa shape index (κ3) is 3.66. The monoisotopic (exact) mass is 275 g/mol. The zero-order valence-electron chi connectivity index (χ0n) is 10.8. The molecule has 1 atom stereocenters. The van der Waals surface area contributed by atoms with Crippen LogP contribution in [0.5, 0.6) is 0 Å². The number of hydrogen-bond acceptors (Lipinski definition) is 3. The van der Waals surface area contributed by atoms with Gasteiger partial charge in [-0.05, 0) is 29.9 Å². The number of benzene rings is 1. The van der Waals surface area contributed by atoms with Gasteiger partial charge in [0.15, 0.2) is 0 Å². The first kappa shape index (κ1) is 13.8. The molecule has 1 unspecified atom stereocenters. The van der Waals surface area contributed by atoms with Crippen molar-refractivity contribution in [3.05, 3.63) is 57.8 Å². The molecule has 1 aromatic heterocycles. The number of aryl methyl sites for hydroxylation is 1. The van der Waals surface area contributed by atoms with Crippen LogP contribution in [-0.4, -0.2) is 23.7 Å². The van der Waals surface area contributed by atoms with E-state index in [4.69, 9.17) is 0 Å². The smallest absolute Gasteiger partial charge is 0.252 e. The van der Waals surface area contributed by atoms with Crippen LogP contribution in [0.3, 0.4) is 0 Å². The van der Waals surface area contributed by atoms with Gasteiger partial charge in [-0.1, -0.05) is 30.3 Å². The van der Waals surface area contributed by atoms with E-state index in [9.17, 15) is 9.90 Å². The SMILES string of the molecule is Cc1cscc1C(=O)NC(CO)Cc1ccccc1. The van der Waals surface area contributed by atoms with E-state index >= 15 is 0 Å². The summed E-state index contributed by atoms with van der Waals surface area (Å²) in [5, 5.41) is 16.0. The van der Waals surface area contributed by atoms with Crippen LogP contribution >= 0.6 is 11.3 Å². The average Bonchev–Trinajstić information content (AvgIpc) is 2.85. The van der Waals surface area contributed by atoms with E-state index in [1.807, 2.05) is 48.0 Å². The molecule has 0 saturated heterocycles. The largest absolute Gasteiger partial charge is 0.394 e. The van der Waals surface area contributed by atoms with Gasteiger partial charge in [-0.25, -0.2) is 0 Å². The molecule has 0 aliphatic carbocycles. The van der Waals surface area contributed by atoms with Crippen molar-refractivity contribution in [3.63, 3.8) is 0 Å². The molecular weight excluding hydrogens is 258 g/mol. The Kier molecular flexibility index (Phi) is 4.71. The highest BCUT2D eigenvalue weighted by atomic mass is 32.1. The van der Waals surface area contributed by atoms with Crippen LogP contribution in [0.25, 0.3) is 0 Å². The lowest BCUT2D eigenvalue weighted by atomic mass is 10.1. The van der Waals surface area contributed by atoms with E-state index in [2.05, 4.69) is 5.32 Å². The molecule has 19 heavy (non-hydrogen) atoms. The van der Waals surface area contributed by atoms with Gasteiger partial charge in [0, 0.05) is 5.38 Å². The average molecular weight is 275 g/mol. The fourth-order valence-electron chi connectivity index (χ4n) is 1.92. The number of carbonyl (C=O) groups excluding carboxylic acids is 1. The van der Waals surface area contributed by atoms with E-state index in [-0.39, 0.29) is 18.6 Å². The van der Waals surface area contributed by atoms with Crippen molar-refractivity contribution in [2.24, 2.45) is 0 Å². The van der Waals surface area contributed by atoms with Crippen LogP contribution < -0.4 is 5.32 Å². The van der Waals surface area contributed by atoms with Gasteiger partial charge >= 0.3 is 0 Å². The molecule has 0 bridgehead atoms. The van der Waals surface area contributed by atoms with Crippen molar-refractivity contribution >= 4 is 17.2 Å². The van der Waals surface area contributed by atoms with Crippen molar-refractivity contribution in [1.29, 1.82) is 0 Å². The Balaban J connectivity index is 2.00. The Morgan fingerprint density at radius 3 is 2.63 bits per heavy atom. The van der Waals surface area contributed by atoms with Crippen LogP contribution in [0.15, 0.2) is 41.1 Å². The Hall–Kier alpha value is -1.65. The molecule has 0 fully saturated rings. The normalized spacial score (nSPS) is 12.1. The summed E-state index contributed by atoms with van der Waals surface area (Å²) in [4.78, 5) is 12.1. The predicted octanol–water partition coefficient (Wildman–Crippen LogP) is 2.39. The van der Waals surface area contributed by atoms with Crippen LogP contribution in [0.2, 0.25) is 0 Å². The summed E-state index contributed by atoms with van der Waals surface area (Å²) in [5.41, 5.74) is 2.76. The molecule has 0 saturated carbocycles. The molecule has 0 radical (unpaired) electrons. The van der Waals surface area contributed by atoms with Gasteiger partial charge in [0.1, 0.15) is 0 Å². The Bertz CT molecular complexity index is 536. The van der Waals surface area contributed by atoms with Crippen molar-refractivity contribution in [2.75, 3.05) is 6.61 Å². The maximum atomic E-state index is 12.1. The summed E-state index contributed by atoms with van der Waals surface area (Å²) in [6.45, 7) is 1.85. The Morgan fingerprint density at radius 1 is 1.32 bits per heavy atom. The molecular formula is C15H17NO2S. The maximum absolute atomic E-state index is 12.1. The molecule has 2 aromatic rings. The first-order valence-electron chi connectivity index (χ1n) is 6.19. The predicted molar refractivity (Wildman–Crippen MR) is 77.5 cm³/mol. The molecule has 4 heteroatoms. The number of thiophene rings is 1. The van der Waals surface area contributed by atoms with Gasteiger partial charge in [-0.2, -0.15) is 11.3 Å². The molecule has 0 aliphatic heterocycles. The number of hydrogen-bond donors (Lipinski definition) is 2. The van der Waals surface area contributed by atoms with Crippen LogP contribution in [-0.2, 0) is 6.42 Å². The summed E-state index contributed by atoms with van der Waals surface area (Å²) in [5.74, 6) is -0.117. The number of nitrogens with one attached hydrogen (secondary N) is 1. The second kappa shape index (κ2) is 6.50. The summed E-state index contributed by atoms with van der Waals surface area (Å²) < 4.78 is 0. The lowest BCUT2D eigenvalue weighted by molar-refractivity contribution is 0.0916. The minimum Gasteiger partial charge on any atom is -0.394 e. The topological polar surface area (TPSA) is 49.3 Å². The van der Waals surface area contributed by atoms with Crippen LogP contribution in [0.4, 0.5) is 0 Å². The van der Waals surface area contributed by atoms with E-state index in [0.717, 1.165) is 11.1 Å². The molecule has 1 amide bonds. The van der Waals surface area contributed by atoms with E-state index in [0.29, 0.717) is 12.0 Å². The number of rotatable bonds is 5. The van der Waals surface area contributed by atoms with E-state index in [1.165, 1.54) is 11.3 Å². The van der Waals surface area contributed by atoms with Gasteiger partial charge in [-0.3, -0.25) is 4.79 Å². The highest BCUT2D eigenvalue weighted by Gasteiger charge is 2.15. The zero-order valence-corrected chi connectivity index (χ0v) is 11.6. The number of amides is 1. The summed E-state index contributed by atoms with van der Waals surface area (Å²) >= 11 is 1.51. The van der Waals surface area contributed by atoms with E-state index in [1.54, 1.807) is 0 Å². The standard InChI is InChI=1S/C15H17NO2S/c1-11-9-19-10-14(11)15(18)16-13(8-17)7-12-5-3-2-4-6-12/h2-6,9-10,13,17H,7-8H2,1H3,(H,16,18). The van der Waals surface area contributed by atoms with Gasteiger partial charge in [-0.15, -0.1) is 0 Å². The molecule has 2 rings (SSSR count). The lowest BCUT2D eigenvalue weighted by Gasteiger charge is -2.16. The van der Waals surface area contributed by atoms with Gasteiger partial charge in [0.25, 0.3) is 5.91 Å². The highest BCUT2D eigenvalue weighted by Crippen LogP contribution is 2.14.